The van der Waals surface area contributed by atoms with Gasteiger partial charge < -0.3 is 10.5 Å². The van der Waals surface area contributed by atoms with E-state index in [0.29, 0.717) is 18.7 Å². The van der Waals surface area contributed by atoms with Crippen molar-refractivity contribution in [3.63, 3.8) is 0 Å². The van der Waals surface area contributed by atoms with Crippen LogP contribution in [0, 0.1) is 11.8 Å². The first-order chi connectivity index (χ1) is 9.57. The van der Waals surface area contributed by atoms with Gasteiger partial charge in [-0.3, -0.25) is 0 Å². The predicted molar refractivity (Wildman–Crippen MR) is 76.5 cm³/mol. The summed E-state index contributed by atoms with van der Waals surface area (Å²) >= 11 is 0. The molecule has 20 heavy (non-hydrogen) atoms. The fraction of sp³-hybridized carbons (Fsp3) is 0.429. The van der Waals surface area contributed by atoms with Gasteiger partial charge in [0.1, 0.15) is 0 Å². The molecule has 1 saturated heterocycles. The van der Waals surface area contributed by atoms with Crippen LogP contribution in [0.4, 0.5) is 0 Å². The Balaban J connectivity index is 2.26. The highest BCUT2D eigenvalue weighted by molar-refractivity contribution is 7.89. The fourth-order valence-electron chi connectivity index (χ4n) is 2.14. The SMILES string of the molecule is COC1CCN(S(=O)(=O)c2cccc(C#CCN)c2)C1. The summed E-state index contributed by atoms with van der Waals surface area (Å²) < 4.78 is 31.7. The van der Waals surface area contributed by atoms with Crippen molar-refractivity contribution in [2.75, 3.05) is 26.7 Å². The van der Waals surface area contributed by atoms with Gasteiger partial charge >= 0.3 is 0 Å². The van der Waals surface area contributed by atoms with Gasteiger partial charge in [-0.15, -0.1) is 0 Å². The molecule has 1 aromatic carbocycles. The predicted octanol–water partition coefficient (Wildman–Crippen LogP) is 0.406. The summed E-state index contributed by atoms with van der Waals surface area (Å²) in [6.45, 7) is 1.13. The lowest BCUT2D eigenvalue weighted by Gasteiger charge is -2.16. The molecule has 1 aliphatic rings. The standard InChI is InChI=1S/C14H18N2O3S/c1-19-13-7-9-16(11-13)20(17,18)14-6-2-4-12(10-14)5-3-8-15/h2,4,6,10,13H,7-9,11,15H2,1H3. The summed E-state index contributed by atoms with van der Waals surface area (Å²) in [6.07, 6.45) is 0.701. The molecule has 5 nitrogen and oxygen atoms in total. The van der Waals surface area contributed by atoms with Crippen LogP contribution in [0.3, 0.4) is 0 Å². The second-order valence-electron chi connectivity index (χ2n) is 4.54. The van der Waals surface area contributed by atoms with Gasteiger partial charge in [0, 0.05) is 25.8 Å². The number of sulfonamides is 1. The average Bonchev–Trinajstić information content (AvgIpc) is 2.95. The Morgan fingerprint density at radius 1 is 1.50 bits per heavy atom. The molecule has 2 N–H and O–H groups in total. The Labute approximate surface area is 119 Å². The minimum atomic E-state index is -3.47. The number of rotatable bonds is 3. The highest BCUT2D eigenvalue weighted by Gasteiger charge is 2.32. The number of methoxy groups -OCH3 is 1. The van der Waals surface area contributed by atoms with E-state index < -0.39 is 10.0 Å². The van der Waals surface area contributed by atoms with Crippen molar-refractivity contribution in [3.8, 4) is 11.8 Å². The van der Waals surface area contributed by atoms with E-state index in [0.717, 1.165) is 6.42 Å². The van der Waals surface area contributed by atoms with Crippen LogP contribution in [0.5, 0.6) is 0 Å². The lowest BCUT2D eigenvalue weighted by atomic mass is 10.2. The fourth-order valence-corrected chi connectivity index (χ4v) is 3.68. The molecule has 108 valence electrons. The minimum Gasteiger partial charge on any atom is -0.380 e. The Morgan fingerprint density at radius 2 is 2.30 bits per heavy atom. The van der Waals surface area contributed by atoms with E-state index in [2.05, 4.69) is 11.8 Å². The van der Waals surface area contributed by atoms with Gasteiger partial charge in [-0.2, -0.15) is 4.31 Å². The third-order valence-corrected chi connectivity index (χ3v) is 5.11. The molecule has 0 aromatic heterocycles. The van der Waals surface area contributed by atoms with Gasteiger partial charge in [-0.1, -0.05) is 17.9 Å². The molecular weight excluding hydrogens is 276 g/mol. The zero-order valence-corrected chi connectivity index (χ0v) is 12.2. The van der Waals surface area contributed by atoms with Crippen LogP contribution in [-0.2, 0) is 14.8 Å². The second kappa shape index (κ2) is 6.37. The Morgan fingerprint density at radius 3 is 2.95 bits per heavy atom. The summed E-state index contributed by atoms with van der Waals surface area (Å²) in [5.74, 6) is 5.56. The molecule has 2 rings (SSSR count). The van der Waals surface area contributed by atoms with Gasteiger partial charge in [-0.05, 0) is 24.6 Å². The van der Waals surface area contributed by atoms with E-state index in [9.17, 15) is 8.42 Å². The topological polar surface area (TPSA) is 72.6 Å². The van der Waals surface area contributed by atoms with Crippen molar-refractivity contribution >= 4 is 10.0 Å². The molecule has 0 saturated carbocycles. The maximum atomic E-state index is 12.5. The summed E-state index contributed by atoms with van der Waals surface area (Å²) in [5.41, 5.74) is 5.97. The smallest absolute Gasteiger partial charge is 0.243 e. The number of hydrogen-bond acceptors (Lipinski definition) is 4. The molecule has 0 aliphatic carbocycles. The van der Waals surface area contributed by atoms with Crippen LogP contribution in [0.2, 0.25) is 0 Å². The molecule has 1 fully saturated rings. The molecule has 0 radical (unpaired) electrons. The number of nitrogens with zero attached hydrogens (tertiary/aromatic N) is 1. The monoisotopic (exact) mass is 294 g/mol. The number of ether oxygens (including phenoxy) is 1. The maximum Gasteiger partial charge on any atom is 0.243 e. The van der Waals surface area contributed by atoms with Gasteiger partial charge in [-0.25, -0.2) is 8.42 Å². The van der Waals surface area contributed by atoms with Crippen LogP contribution in [0.15, 0.2) is 29.2 Å². The van der Waals surface area contributed by atoms with Crippen molar-refractivity contribution in [1.82, 2.24) is 4.31 Å². The lowest BCUT2D eigenvalue weighted by Crippen LogP contribution is -2.30. The lowest BCUT2D eigenvalue weighted by molar-refractivity contribution is 0.115. The van der Waals surface area contributed by atoms with Crippen molar-refractivity contribution in [2.45, 2.75) is 17.4 Å². The van der Waals surface area contributed by atoms with Gasteiger partial charge in [0.05, 0.1) is 17.5 Å². The maximum absolute atomic E-state index is 12.5. The number of hydrogen-bond donors (Lipinski definition) is 1. The largest absolute Gasteiger partial charge is 0.380 e. The highest BCUT2D eigenvalue weighted by atomic mass is 32.2. The Hall–Kier alpha value is -1.39. The summed E-state index contributed by atoms with van der Waals surface area (Å²) in [4.78, 5) is 0.262. The van der Waals surface area contributed by atoms with E-state index in [1.165, 1.54) is 4.31 Å². The molecule has 0 amide bonds. The summed E-state index contributed by atoms with van der Waals surface area (Å²) in [7, 11) is -1.87. The van der Waals surface area contributed by atoms with E-state index in [4.69, 9.17) is 10.5 Å². The Bertz CT molecular complexity index is 631. The van der Waals surface area contributed by atoms with Crippen LogP contribution in [-0.4, -0.2) is 45.6 Å². The van der Waals surface area contributed by atoms with Crippen molar-refractivity contribution in [2.24, 2.45) is 5.73 Å². The normalized spacial score (nSPS) is 19.6. The number of nitrogens with two attached hydrogens (primary N) is 1. The molecule has 1 aromatic rings. The van der Waals surface area contributed by atoms with E-state index in [-0.39, 0.29) is 17.5 Å². The van der Waals surface area contributed by atoms with Crippen LogP contribution < -0.4 is 5.73 Å². The zero-order chi connectivity index (χ0) is 14.6. The second-order valence-corrected chi connectivity index (χ2v) is 6.48. The van der Waals surface area contributed by atoms with Crippen LogP contribution in [0.25, 0.3) is 0 Å². The summed E-state index contributed by atoms with van der Waals surface area (Å²) in [6, 6.07) is 6.63. The van der Waals surface area contributed by atoms with Gasteiger partial charge in [0.15, 0.2) is 0 Å². The van der Waals surface area contributed by atoms with E-state index in [1.54, 1.807) is 31.4 Å². The van der Waals surface area contributed by atoms with Gasteiger partial charge in [0.2, 0.25) is 10.0 Å². The Kier molecular flexibility index (Phi) is 4.78. The third-order valence-electron chi connectivity index (χ3n) is 3.25. The molecule has 1 atom stereocenters. The van der Waals surface area contributed by atoms with E-state index in [1.807, 2.05) is 0 Å². The summed E-state index contributed by atoms with van der Waals surface area (Å²) in [5, 5.41) is 0. The molecule has 1 aliphatic heterocycles. The van der Waals surface area contributed by atoms with Gasteiger partial charge in [0.25, 0.3) is 0 Å². The van der Waals surface area contributed by atoms with E-state index >= 15 is 0 Å². The first kappa shape index (κ1) is 15.0. The van der Waals surface area contributed by atoms with Crippen molar-refractivity contribution < 1.29 is 13.2 Å². The van der Waals surface area contributed by atoms with Crippen molar-refractivity contribution in [1.29, 1.82) is 0 Å². The molecule has 1 heterocycles. The third kappa shape index (κ3) is 3.19. The average molecular weight is 294 g/mol. The molecule has 0 bridgehead atoms. The van der Waals surface area contributed by atoms with Crippen LogP contribution >= 0.6 is 0 Å². The number of benzene rings is 1. The first-order valence-electron chi connectivity index (χ1n) is 6.40. The zero-order valence-electron chi connectivity index (χ0n) is 11.4. The van der Waals surface area contributed by atoms with Crippen LogP contribution in [0.1, 0.15) is 12.0 Å². The van der Waals surface area contributed by atoms with Crippen molar-refractivity contribution in [3.05, 3.63) is 29.8 Å². The molecule has 0 spiro atoms. The quantitative estimate of drug-likeness (QED) is 0.819. The molecule has 6 heteroatoms. The molecule has 1 unspecified atom stereocenters. The highest BCUT2D eigenvalue weighted by Crippen LogP contribution is 2.22. The minimum absolute atomic E-state index is 0.0232. The molecular formula is C14H18N2O3S. The first-order valence-corrected chi connectivity index (χ1v) is 7.84.